The van der Waals surface area contributed by atoms with Gasteiger partial charge in [0, 0.05) is 38.0 Å². The third-order valence-corrected chi connectivity index (χ3v) is 7.13. The van der Waals surface area contributed by atoms with Crippen molar-refractivity contribution in [2.24, 2.45) is 23.7 Å². The molecule has 1 aliphatic heterocycles. The molecule has 0 N–H and O–H groups in total. The second-order valence-corrected chi connectivity index (χ2v) is 10.4. The maximum absolute atomic E-state index is 11.4. The van der Waals surface area contributed by atoms with E-state index in [0.29, 0.717) is 18.4 Å². The molecule has 1 saturated heterocycles. The van der Waals surface area contributed by atoms with E-state index in [1.807, 2.05) is 6.07 Å². The summed E-state index contributed by atoms with van der Waals surface area (Å²) in [4.78, 5) is 11.8. The van der Waals surface area contributed by atoms with E-state index < -0.39 is 10.8 Å². The molecule has 3 atom stereocenters. The average Bonchev–Trinajstić information content (AvgIpc) is 3.36. The standard InChI is InChI=1S/C22H32N4O3S/c1-15(2)12-21-24-22(25-29-21)26-9-6-16(7-10-26)19-13-17(19)8-11-28-20-5-4-18(14-23-20)30(3)27/h4-5,14-17,19H,6-13H2,1-3H3. The molecule has 0 amide bonds. The third kappa shape index (κ3) is 5.39. The highest BCUT2D eigenvalue weighted by Gasteiger charge is 2.43. The fraction of sp³-hybridized carbons (Fsp3) is 0.682. The Kier molecular flexibility index (Phi) is 6.71. The van der Waals surface area contributed by atoms with Crippen LogP contribution in [-0.4, -0.2) is 45.3 Å². The highest BCUT2D eigenvalue weighted by molar-refractivity contribution is 7.84. The van der Waals surface area contributed by atoms with Crippen LogP contribution in [0.2, 0.25) is 0 Å². The summed E-state index contributed by atoms with van der Waals surface area (Å²) in [5, 5.41) is 4.18. The van der Waals surface area contributed by atoms with Crippen molar-refractivity contribution in [1.29, 1.82) is 0 Å². The number of anilines is 1. The maximum atomic E-state index is 11.4. The van der Waals surface area contributed by atoms with Crippen LogP contribution >= 0.6 is 0 Å². The largest absolute Gasteiger partial charge is 0.478 e. The first-order chi connectivity index (χ1) is 14.5. The lowest BCUT2D eigenvalue weighted by atomic mass is 9.90. The van der Waals surface area contributed by atoms with E-state index >= 15 is 0 Å². The molecule has 2 fully saturated rings. The molecule has 0 bridgehead atoms. The Morgan fingerprint density at radius 2 is 2.10 bits per heavy atom. The molecule has 2 aromatic rings. The average molecular weight is 433 g/mol. The molecule has 1 aliphatic carbocycles. The first-order valence-electron chi connectivity index (χ1n) is 11.0. The maximum Gasteiger partial charge on any atom is 0.266 e. The van der Waals surface area contributed by atoms with Gasteiger partial charge in [0.25, 0.3) is 5.95 Å². The molecule has 164 valence electrons. The van der Waals surface area contributed by atoms with Crippen LogP contribution in [0.4, 0.5) is 5.95 Å². The van der Waals surface area contributed by atoms with Crippen molar-refractivity contribution in [1.82, 2.24) is 15.1 Å². The summed E-state index contributed by atoms with van der Waals surface area (Å²) >= 11 is 0. The predicted molar refractivity (Wildman–Crippen MR) is 116 cm³/mol. The zero-order chi connectivity index (χ0) is 21.1. The summed E-state index contributed by atoms with van der Waals surface area (Å²) in [6.45, 7) is 7.05. The predicted octanol–water partition coefficient (Wildman–Crippen LogP) is 3.72. The van der Waals surface area contributed by atoms with Crippen molar-refractivity contribution in [3.63, 3.8) is 0 Å². The molecular formula is C22H32N4O3S. The number of aromatic nitrogens is 3. The van der Waals surface area contributed by atoms with Gasteiger partial charge in [0.2, 0.25) is 11.8 Å². The van der Waals surface area contributed by atoms with Gasteiger partial charge in [0.15, 0.2) is 0 Å². The molecule has 1 saturated carbocycles. The molecule has 0 spiro atoms. The minimum absolute atomic E-state index is 0.525. The highest BCUT2D eigenvalue weighted by atomic mass is 32.2. The Bertz CT molecular complexity index is 846. The number of hydrogen-bond acceptors (Lipinski definition) is 7. The lowest BCUT2D eigenvalue weighted by Crippen LogP contribution is -2.35. The quantitative estimate of drug-likeness (QED) is 0.597. The van der Waals surface area contributed by atoms with E-state index in [9.17, 15) is 4.21 Å². The third-order valence-electron chi connectivity index (χ3n) is 6.23. The molecule has 2 aliphatic rings. The molecule has 30 heavy (non-hydrogen) atoms. The number of piperidine rings is 1. The Balaban J connectivity index is 1.16. The van der Waals surface area contributed by atoms with Crippen molar-refractivity contribution in [3.8, 4) is 5.88 Å². The fourth-order valence-electron chi connectivity index (χ4n) is 4.45. The molecule has 4 rings (SSSR count). The normalized spacial score (nSPS) is 23.0. The Labute approximate surface area is 181 Å². The SMILES string of the molecule is CC(C)Cc1nc(N2CCC(C3CC3CCOc3ccc(S(C)=O)cn3)CC2)no1. The van der Waals surface area contributed by atoms with Gasteiger partial charge >= 0.3 is 0 Å². The number of rotatable bonds is 9. The second-order valence-electron chi connectivity index (χ2n) is 8.99. The first kappa shape index (κ1) is 21.3. The van der Waals surface area contributed by atoms with Gasteiger partial charge in [-0.2, -0.15) is 4.98 Å². The molecule has 3 heterocycles. The smallest absolute Gasteiger partial charge is 0.266 e. The molecule has 7 nitrogen and oxygen atoms in total. The second kappa shape index (κ2) is 9.45. The minimum Gasteiger partial charge on any atom is -0.478 e. The zero-order valence-corrected chi connectivity index (χ0v) is 18.9. The first-order valence-corrected chi connectivity index (χ1v) is 12.5. The Hall–Kier alpha value is -1.96. The van der Waals surface area contributed by atoms with Crippen molar-refractivity contribution in [3.05, 3.63) is 24.2 Å². The molecule has 0 radical (unpaired) electrons. The van der Waals surface area contributed by atoms with E-state index in [2.05, 4.69) is 33.9 Å². The van der Waals surface area contributed by atoms with Crippen molar-refractivity contribution in [2.75, 3.05) is 30.9 Å². The van der Waals surface area contributed by atoms with E-state index in [-0.39, 0.29) is 0 Å². The number of ether oxygens (including phenoxy) is 1. The summed E-state index contributed by atoms with van der Waals surface area (Å²) in [6, 6.07) is 3.63. The number of hydrogen-bond donors (Lipinski definition) is 0. The van der Waals surface area contributed by atoms with Crippen LogP contribution in [0.5, 0.6) is 5.88 Å². The summed E-state index contributed by atoms with van der Waals surface area (Å²) in [5.74, 6) is 5.04. The van der Waals surface area contributed by atoms with Crippen LogP contribution in [0.1, 0.15) is 45.4 Å². The van der Waals surface area contributed by atoms with Crippen molar-refractivity contribution >= 4 is 16.7 Å². The van der Waals surface area contributed by atoms with Gasteiger partial charge in [-0.3, -0.25) is 4.21 Å². The highest BCUT2D eigenvalue weighted by Crippen LogP contribution is 2.49. The topological polar surface area (TPSA) is 81.4 Å². The van der Waals surface area contributed by atoms with Gasteiger partial charge < -0.3 is 14.2 Å². The summed E-state index contributed by atoms with van der Waals surface area (Å²) in [6.07, 6.45) is 8.93. The van der Waals surface area contributed by atoms with Gasteiger partial charge in [0.1, 0.15) is 0 Å². The van der Waals surface area contributed by atoms with Crippen molar-refractivity contribution in [2.45, 2.75) is 50.8 Å². The van der Waals surface area contributed by atoms with Crippen LogP contribution in [0.3, 0.4) is 0 Å². The van der Waals surface area contributed by atoms with Gasteiger partial charge in [0.05, 0.1) is 22.3 Å². The van der Waals surface area contributed by atoms with Crippen LogP contribution in [0.15, 0.2) is 27.7 Å². The summed E-state index contributed by atoms with van der Waals surface area (Å²) in [5.41, 5.74) is 0. The zero-order valence-electron chi connectivity index (χ0n) is 18.1. The van der Waals surface area contributed by atoms with Crippen LogP contribution in [0.25, 0.3) is 0 Å². The molecule has 2 aromatic heterocycles. The van der Waals surface area contributed by atoms with Crippen LogP contribution in [-0.2, 0) is 17.2 Å². The molecule has 0 aromatic carbocycles. The lowest BCUT2D eigenvalue weighted by Gasteiger charge is -2.31. The summed E-state index contributed by atoms with van der Waals surface area (Å²) < 4.78 is 22.6. The van der Waals surface area contributed by atoms with Crippen LogP contribution in [0, 0.1) is 23.7 Å². The number of nitrogens with zero attached hydrogens (tertiary/aromatic N) is 4. The van der Waals surface area contributed by atoms with Crippen molar-refractivity contribution < 1.29 is 13.5 Å². The number of pyridine rings is 1. The van der Waals surface area contributed by atoms with E-state index in [1.54, 1.807) is 18.5 Å². The van der Waals surface area contributed by atoms with E-state index in [0.717, 1.165) is 60.4 Å². The van der Waals surface area contributed by atoms with Crippen LogP contribution < -0.4 is 9.64 Å². The van der Waals surface area contributed by atoms with E-state index in [4.69, 9.17) is 9.26 Å². The molecule has 8 heteroatoms. The molecular weight excluding hydrogens is 400 g/mol. The monoisotopic (exact) mass is 432 g/mol. The van der Waals surface area contributed by atoms with Gasteiger partial charge in [-0.15, -0.1) is 0 Å². The van der Waals surface area contributed by atoms with E-state index in [1.165, 1.54) is 19.3 Å². The minimum atomic E-state index is -0.999. The van der Waals surface area contributed by atoms with Gasteiger partial charge in [-0.05, 0) is 60.6 Å². The summed E-state index contributed by atoms with van der Waals surface area (Å²) in [7, 11) is -0.999. The lowest BCUT2D eigenvalue weighted by molar-refractivity contribution is 0.275. The molecule has 3 unspecified atom stereocenters. The fourth-order valence-corrected chi connectivity index (χ4v) is 4.91. The van der Waals surface area contributed by atoms with Gasteiger partial charge in [-0.1, -0.05) is 13.8 Å². The Morgan fingerprint density at radius 3 is 2.77 bits per heavy atom. The van der Waals surface area contributed by atoms with Gasteiger partial charge in [-0.25, -0.2) is 4.98 Å². The Morgan fingerprint density at radius 1 is 1.30 bits per heavy atom.